The molecule has 0 unspecified atom stereocenters. The molecule has 0 amide bonds. The van der Waals surface area contributed by atoms with Crippen molar-refractivity contribution in [3.8, 4) is 11.3 Å². The van der Waals surface area contributed by atoms with Crippen molar-refractivity contribution in [2.75, 3.05) is 11.2 Å². The van der Waals surface area contributed by atoms with Crippen LogP contribution in [0.1, 0.15) is 5.76 Å². The van der Waals surface area contributed by atoms with E-state index < -0.39 is 0 Å². The average molecular weight is 321 g/mol. The predicted molar refractivity (Wildman–Crippen MR) is 87.2 cm³/mol. The number of hydrogen-bond donors (Lipinski definition) is 2. The van der Waals surface area contributed by atoms with Crippen molar-refractivity contribution in [3.63, 3.8) is 0 Å². The van der Waals surface area contributed by atoms with Crippen LogP contribution in [0, 0.1) is 0 Å². The van der Waals surface area contributed by atoms with Crippen LogP contribution in [-0.2, 0) is 0 Å². The Bertz CT molecular complexity index is 1010. The zero-order valence-corrected chi connectivity index (χ0v) is 12.2. The topological polar surface area (TPSA) is 128 Å². The van der Waals surface area contributed by atoms with Crippen molar-refractivity contribution >= 4 is 29.1 Å². The first-order chi connectivity index (χ1) is 11.8. The Labute approximate surface area is 135 Å². The first kappa shape index (κ1) is 13.9. The van der Waals surface area contributed by atoms with Crippen LogP contribution >= 0.6 is 0 Å². The van der Waals surface area contributed by atoms with E-state index in [0.717, 1.165) is 11.3 Å². The summed E-state index contributed by atoms with van der Waals surface area (Å²) in [6, 6.07) is 13.5. The van der Waals surface area contributed by atoms with Crippen LogP contribution < -0.4 is 11.2 Å². The number of nitrogens with two attached hydrogens (primary N) is 1. The van der Waals surface area contributed by atoms with E-state index in [9.17, 15) is 0 Å². The Kier molecular flexibility index (Phi) is 3.35. The van der Waals surface area contributed by atoms with Crippen LogP contribution in [0.4, 0.5) is 11.6 Å². The SMILES string of the molecule is Nc1nc2nonc2nc1NN=Cc1ccc(-c2ccccc2)o1. The molecule has 0 bridgehead atoms. The minimum atomic E-state index is 0.139. The maximum atomic E-state index is 5.76. The lowest BCUT2D eigenvalue weighted by Crippen LogP contribution is -2.02. The van der Waals surface area contributed by atoms with Gasteiger partial charge in [0.25, 0.3) is 0 Å². The summed E-state index contributed by atoms with van der Waals surface area (Å²) in [5, 5.41) is 11.2. The van der Waals surface area contributed by atoms with Crippen LogP contribution in [0.15, 0.2) is 56.6 Å². The molecule has 24 heavy (non-hydrogen) atoms. The molecule has 118 valence electrons. The Morgan fingerprint density at radius 3 is 2.62 bits per heavy atom. The van der Waals surface area contributed by atoms with E-state index in [1.165, 1.54) is 6.21 Å². The molecule has 0 fully saturated rings. The van der Waals surface area contributed by atoms with Crippen LogP contribution in [0.5, 0.6) is 0 Å². The number of nitrogens with one attached hydrogen (secondary N) is 1. The largest absolute Gasteiger partial charge is 0.455 e. The van der Waals surface area contributed by atoms with Crippen molar-refractivity contribution in [2.45, 2.75) is 0 Å². The molecule has 0 atom stereocenters. The Morgan fingerprint density at radius 1 is 1.00 bits per heavy atom. The highest BCUT2D eigenvalue weighted by molar-refractivity contribution is 5.79. The summed E-state index contributed by atoms with van der Waals surface area (Å²) in [6.45, 7) is 0. The number of aromatic nitrogens is 4. The lowest BCUT2D eigenvalue weighted by Gasteiger charge is -2.00. The Hall–Kier alpha value is -3.75. The van der Waals surface area contributed by atoms with Gasteiger partial charge in [0.05, 0.1) is 6.21 Å². The Balaban J connectivity index is 1.51. The number of furan rings is 1. The van der Waals surface area contributed by atoms with Gasteiger partial charge in [0.1, 0.15) is 11.5 Å². The molecule has 4 aromatic rings. The van der Waals surface area contributed by atoms with Gasteiger partial charge in [0, 0.05) is 5.56 Å². The fourth-order valence-corrected chi connectivity index (χ4v) is 2.07. The molecule has 0 aliphatic carbocycles. The molecule has 3 N–H and O–H groups in total. The molecular weight excluding hydrogens is 310 g/mol. The van der Waals surface area contributed by atoms with E-state index in [4.69, 9.17) is 10.2 Å². The molecule has 3 aromatic heterocycles. The lowest BCUT2D eigenvalue weighted by atomic mass is 10.2. The second-order valence-electron chi connectivity index (χ2n) is 4.81. The van der Waals surface area contributed by atoms with Gasteiger partial charge in [-0.05, 0) is 22.4 Å². The summed E-state index contributed by atoms with van der Waals surface area (Å²) < 4.78 is 10.2. The van der Waals surface area contributed by atoms with Crippen molar-refractivity contribution in [1.82, 2.24) is 20.3 Å². The van der Waals surface area contributed by atoms with Crippen LogP contribution in [0.3, 0.4) is 0 Å². The van der Waals surface area contributed by atoms with Crippen LogP contribution in [0.25, 0.3) is 22.6 Å². The van der Waals surface area contributed by atoms with Crippen molar-refractivity contribution in [1.29, 1.82) is 0 Å². The summed E-state index contributed by atoms with van der Waals surface area (Å²) in [5.41, 5.74) is 9.92. The van der Waals surface area contributed by atoms with Crippen LogP contribution in [0.2, 0.25) is 0 Å². The number of nitrogen functional groups attached to an aromatic ring is 1. The monoisotopic (exact) mass is 321 g/mol. The summed E-state index contributed by atoms with van der Waals surface area (Å²) in [7, 11) is 0. The maximum Gasteiger partial charge on any atom is 0.245 e. The van der Waals surface area contributed by atoms with E-state index in [1.807, 2.05) is 42.5 Å². The molecule has 0 radical (unpaired) electrons. The summed E-state index contributed by atoms with van der Waals surface area (Å²) in [5.74, 6) is 1.73. The molecular formula is C15H11N7O2. The molecule has 3 heterocycles. The predicted octanol–water partition coefficient (Wildman–Crippen LogP) is 2.30. The van der Waals surface area contributed by atoms with E-state index >= 15 is 0 Å². The van der Waals surface area contributed by atoms with Crippen molar-refractivity contribution < 1.29 is 9.05 Å². The van der Waals surface area contributed by atoms with Gasteiger partial charge in [-0.1, -0.05) is 30.3 Å². The highest BCUT2D eigenvalue weighted by atomic mass is 16.6. The molecule has 9 heteroatoms. The smallest absolute Gasteiger partial charge is 0.245 e. The number of nitrogens with zero attached hydrogens (tertiary/aromatic N) is 5. The van der Waals surface area contributed by atoms with Gasteiger partial charge < -0.3 is 10.2 Å². The molecule has 1 aromatic carbocycles. The van der Waals surface area contributed by atoms with E-state index in [1.54, 1.807) is 0 Å². The number of benzene rings is 1. The fraction of sp³-hybridized carbons (Fsp3) is 0. The van der Waals surface area contributed by atoms with Gasteiger partial charge in [0.2, 0.25) is 11.3 Å². The van der Waals surface area contributed by atoms with Crippen LogP contribution in [-0.4, -0.2) is 26.5 Å². The Morgan fingerprint density at radius 2 is 1.79 bits per heavy atom. The highest BCUT2D eigenvalue weighted by Gasteiger charge is 2.09. The molecule has 0 spiro atoms. The molecule has 0 aliphatic heterocycles. The van der Waals surface area contributed by atoms with Crippen molar-refractivity contribution in [3.05, 3.63) is 48.2 Å². The van der Waals surface area contributed by atoms with Gasteiger partial charge in [-0.15, -0.1) is 0 Å². The number of fused-ring (bicyclic) bond motifs is 1. The normalized spacial score (nSPS) is 11.3. The van der Waals surface area contributed by atoms with E-state index in [2.05, 4.69) is 35.4 Å². The van der Waals surface area contributed by atoms with Gasteiger partial charge in [-0.3, -0.25) is 5.43 Å². The lowest BCUT2D eigenvalue weighted by molar-refractivity contribution is 0.314. The summed E-state index contributed by atoms with van der Waals surface area (Å²) >= 11 is 0. The van der Waals surface area contributed by atoms with Gasteiger partial charge in [-0.25, -0.2) is 9.61 Å². The summed E-state index contributed by atoms with van der Waals surface area (Å²) in [6.07, 6.45) is 1.51. The zero-order chi connectivity index (χ0) is 16.4. The first-order valence-electron chi connectivity index (χ1n) is 7.00. The maximum absolute atomic E-state index is 5.76. The number of rotatable bonds is 4. The highest BCUT2D eigenvalue weighted by Crippen LogP contribution is 2.21. The first-order valence-corrected chi connectivity index (χ1v) is 7.00. The van der Waals surface area contributed by atoms with E-state index in [-0.39, 0.29) is 22.9 Å². The molecule has 0 aliphatic rings. The standard InChI is InChI=1S/C15H11N7O2/c16-12-13(19-15-14(18-12)21-24-22-15)20-17-8-10-6-7-11(23-10)9-4-2-1-3-5-9/h1-8H,(H2,16,18,21)(H,19,20,22). The van der Waals surface area contributed by atoms with Gasteiger partial charge in [0.15, 0.2) is 11.6 Å². The fourth-order valence-electron chi connectivity index (χ4n) is 2.07. The number of hydrogen-bond acceptors (Lipinski definition) is 9. The van der Waals surface area contributed by atoms with Gasteiger partial charge in [-0.2, -0.15) is 10.1 Å². The second-order valence-corrected chi connectivity index (χ2v) is 4.81. The average Bonchev–Trinajstić information content (AvgIpc) is 3.25. The third kappa shape index (κ3) is 2.65. The third-order valence-corrected chi connectivity index (χ3v) is 3.19. The van der Waals surface area contributed by atoms with Crippen molar-refractivity contribution in [2.24, 2.45) is 5.10 Å². The van der Waals surface area contributed by atoms with E-state index in [0.29, 0.717) is 5.76 Å². The van der Waals surface area contributed by atoms with Gasteiger partial charge >= 0.3 is 0 Å². The minimum absolute atomic E-state index is 0.139. The molecule has 4 rings (SSSR count). The minimum Gasteiger partial charge on any atom is -0.455 e. The summed E-state index contributed by atoms with van der Waals surface area (Å²) in [4.78, 5) is 8.10. The molecule has 0 saturated carbocycles. The molecule has 0 saturated heterocycles. The quantitative estimate of drug-likeness (QED) is 0.433. The number of hydrazone groups is 1. The second kappa shape index (κ2) is 5.80. The zero-order valence-electron chi connectivity index (χ0n) is 12.2. The molecule has 9 nitrogen and oxygen atoms in total. The third-order valence-electron chi connectivity index (χ3n) is 3.19. The number of anilines is 2.